The molecule has 0 amide bonds. The van der Waals surface area contributed by atoms with E-state index in [1.54, 1.807) is 6.07 Å². The van der Waals surface area contributed by atoms with E-state index in [0.29, 0.717) is 18.3 Å². The lowest BCUT2D eigenvalue weighted by molar-refractivity contribution is 0.440. The highest BCUT2D eigenvalue weighted by atomic mass is 19.1. The number of hydrogen-bond acceptors (Lipinski definition) is 2. The number of benzene rings is 2. The summed E-state index contributed by atoms with van der Waals surface area (Å²) in [5.74, 6) is 0.595. The Morgan fingerprint density at radius 3 is 2.57 bits per heavy atom. The second kappa shape index (κ2) is 7.23. The molecular weight excluding hydrogens is 265 g/mol. The normalized spacial score (nSPS) is 10.9. The van der Waals surface area contributed by atoms with E-state index in [0.717, 1.165) is 12.0 Å². The van der Waals surface area contributed by atoms with Crippen molar-refractivity contribution in [3.8, 4) is 11.5 Å². The van der Waals surface area contributed by atoms with E-state index in [2.05, 4.69) is 26.1 Å². The van der Waals surface area contributed by atoms with Crippen LogP contribution in [0.15, 0.2) is 42.5 Å². The molecule has 0 atom stereocenters. The molecule has 0 fully saturated rings. The Morgan fingerprint density at radius 1 is 1.10 bits per heavy atom. The number of ether oxygens (including phenoxy) is 1. The first-order valence-electron chi connectivity index (χ1n) is 7.37. The highest BCUT2D eigenvalue weighted by molar-refractivity contribution is 5.36. The quantitative estimate of drug-likeness (QED) is 0.833. The first-order valence-corrected chi connectivity index (χ1v) is 7.37. The van der Waals surface area contributed by atoms with Gasteiger partial charge in [-0.2, -0.15) is 0 Å². The molecule has 3 heteroatoms. The van der Waals surface area contributed by atoms with Gasteiger partial charge in [-0.25, -0.2) is 4.39 Å². The SMILES string of the molecule is CCc1cccc(Oc2ccc(CNC(C)C)cc2F)c1. The second-order valence-corrected chi connectivity index (χ2v) is 5.40. The summed E-state index contributed by atoms with van der Waals surface area (Å²) in [7, 11) is 0. The zero-order valence-corrected chi connectivity index (χ0v) is 12.8. The second-order valence-electron chi connectivity index (χ2n) is 5.40. The predicted octanol–water partition coefficient (Wildman–Crippen LogP) is 4.68. The van der Waals surface area contributed by atoms with Crippen molar-refractivity contribution in [1.82, 2.24) is 5.32 Å². The van der Waals surface area contributed by atoms with Crippen molar-refractivity contribution in [3.05, 3.63) is 59.4 Å². The molecule has 21 heavy (non-hydrogen) atoms. The fourth-order valence-electron chi connectivity index (χ4n) is 2.01. The van der Waals surface area contributed by atoms with Crippen molar-refractivity contribution in [2.45, 2.75) is 39.8 Å². The third-order valence-electron chi connectivity index (χ3n) is 3.25. The van der Waals surface area contributed by atoms with Gasteiger partial charge in [-0.15, -0.1) is 0 Å². The molecule has 0 aromatic heterocycles. The molecule has 0 spiro atoms. The Balaban J connectivity index is 2.09. The standard InChI is InChI=1S/C18H22FNO/c1-4-14-6-5-7-16(10-14)21-18-9-8-15(11-17(18)19)12-20-13(2)3/h5-11,13,20H,4,12H2,1-3H3. The lowest BCUT2D eigenvalue weighted by Gasteiger charge is -2.11. The summed E-state index contributed by atoms with van der Waals surface area (Å²) in [6.07, 6.45) is 0.930. The summed E-state index contributed by atoms with van der Waals surface area (Å²) < 4.78 is 19.7. The van der Waals surface area contributed by atoms with E-state index < -0.39 is 0 Å². The fraction of sp³-hybridized carbons (Fsp3) is 0.333. The number of halogens is 1. The molecule has 0 unspecified atom stereocenters. The maximum atomic E-state index is 14.1. The van der Waals surface area contributed by atoms with Gasteiger partial charge in [-0.1, -0.05) is 39.0 Å². The van der Waals surface area contributed by atoms with Crippen molar-refractivity contribution in [2.75, 3.05) is 0 Å². The van der Waals surface area contributed by atoms with Crippen LogP contribution >= 0.6 is 0 Å². The van der Waals surface area contributed by atoms with Crippen LogP contribution < -0.4 is 10.1 Å². The van der Waals surface area contributed by atoms with Crippen molar-refractivity contribution >= 4 is 0 Å². The molecule has 0 bridgehead atoms. The fourth-order valence-corrected chi connectivity index (χ4v) is 2.01. The Bertz CT molecular complexity index is 596. The maximum Gasteiger partial charge on any atom is 0.166 e. The largest absolute Gasteiger partial charge is 0.454 e. The molecule has 0 aliphatic rings. The highest BCUT2D eigenvalue weighted by Crippen LogP contribution is 2.26. The molecule has 2 aromatic carbocycles. The Labute approximate surface area is 126 Å². The third-order valence-corrected chi connectivity index (χ3v) is 3.25. The van der Waals surface area contributed by atoms with Crippen LogP contribution in [0.25, 0.3) is 0 Å². The van der Waals surface area contributed by atoms with E-state index in [-0.39, 0.29) is 11.6 Å². The first-order chi connectivity index (χ1) is 10.1. The Morgan fingerprint density at radius 2 is 1.90 bits per heavy atom. The van der Waals surface area contributed by atoms with Gasteiger partial charge in [-0.3, -0.25) is 0 Å². The maximum absolute atomic E-state index is 14.1. The van der Waals surface area contributed by atoms with Gasteiger partial charge in [0.1, 0.15) is 5.75 Å². The molecule has 2 rings (SSSR count). The lowest BCUT2D eigenvalue weighted by atomic mass is 10.1. The molecule has 0 heterocycles. The molecule has 0 aliphatic carbocycles. The molecule has 0 saturated heterocycles. The summed E-state index contributed by atoms with van der Waals surface area (Å²) in [5, 5.41) is 3.27. The minimum Gasteiger partial charge on any atom is -0.454 e. The van der Waals surface area contributed by atoms with Crippen molar-refractivity contribution in [1.29, 1.82) is 0 Å². The zero-order valence-electron chi connectivity index (χ0n) is 12.8. The molecular formula is C18H22FNO. The Kier molecular flexibility index (Phi) is 5.34. The summed E-state index contributed by atoms with van der Waals surface area (Å²) in [4.78, 5) is 0. The average Bonchev–Trinajstić information content (AvgIpc) is 2.48. The monoisotopic (exact) mass is 287 g/mol. The van der Waals surface area contributed by atoms with Gasteiger partial charge in [0.15, 0.2) is 11.6 Å². The smallest absolute Gasteiger partial charge is 0.166 e. The summed E-state index contributed by atoms with van der Waals surface area (Å²) in [6, 6.07) is 13.2. The molecule has 2 aromatic rings. The lowest BCUT2D eigenvalue weighted by Crippen LogP contribution is -2.21. The van der Waals surface area contributed by atoms with E-state index in [4.69, 9.17) is 4.74 Å². The van der Waals surface area contributed by atoms with Gasteiger partial charge in [0, 0.05) is 12.6 Å². The summed E-state index contributed by atoms with van der Waals surface area (Å²) >= 11 is 0. The van der Waals surface area contributed by atoms with Crippen molar-refractivity contribution in [3.63, 3.8) is 0 Å². The van der Waals surface area contributed by atoms with Gasteiger partial charge in [0.05, 0.1) is 0 Å². The highest BCUT2D eigenvalue weighted by Gasteiger charge is 2.07. The molecule has 0 saturated carbocycles. The van der Waals surface area contributed by atoms with Crippen LogP contribution in [0.4, 0.5) is 4.39 Å². The van der Waals surface area contributed by atoms with Gasteiger partial charge >= 0.3 is 0 Å². The molecule has 0 radical (unpaired) electrons. The van der Waals surface area contributed by atoms with Gasteiger partial charge < -0.3 is 10.1 Å². The molecule has 1 N–H and O–H groups in total. The Hall–Kier alpha value is -1.87. The van der Waals surface area contributed by atoms with E-state index in [1.807, 2.05) is 30.3 Å². The van der Waals surface area contributed by atoms with Crippen LogP contribution in [0, 0.1) is 5.82 Å². The van der Waals surface area contributed by atoms with Gasteiger partial charge in [-0.05, 0) is 41.8 Å². The van der Waals surface area contributed by atoms with E-state index >= 15 is 0 Å². The molecule has 0 aliphatic heterocycles. The zero-order chi connectivity index (χ0) is 15.2. The topological polar surface area (TPSA) is 21.3 Å². The van der Waals surface area contributed by atoms with Crippen LogP contribution in [0.3, 0.4) is 0 Å². The summed E-state index contributed by atoms with van der Waals surface area (Å²) in [6.45, 7) is 6.86. The average molecular weight is 287 g/mol. The van der Waals surface area contributed by atoms with Crippen molar-refractivity contribution < 1.29 is 9.13 Å². The first kappa shape index (κ1) is 15.5. The van der Waals surface area contributed by atoms with E-state index in [9.17, 15) is 4.39 Å². The number of aryl methyl sites for hydroxylation is 1. The van der Waals surface area contributed by atoms with Crippen LogP contribution in [-0.4, -0.2) is 6.04 Å². The molecule has 112 valence electrons. The van der Waals surface area contributed by atoms with Crippen LogP contribution in [0.2, 0.25) is 0 Å². The number of rotatable bonds is 6. The number of hydrogen-bond donors (Lipinski definition) is 1. The minimum atomic E-state index is -0.333. The van der Waals surface area contributed by atoms with Crippen LogP contribution in [0.5, 0.6) is 11.5 Å². The van der Waals surface area contributed by atoms with Crippen molar-refractivity contribution in [2.24, 2.45) is 0 Å². The van der Waals surface area contributed by atoms with E-state index in [1.165, 1.54) is 11.6 Å². The van der Waals surface area contributed by atoms with Crippen LogP contribution in [0.1, 0.15) is 31.9 Å². The third kappa shape index (κ3) is 4.57. The molecule has 2 nitrogen and oxygen atoms in total. The predicted molar refractivity (Wildman–Crippen MR) is 84.3 cm³/mol. The van der Waals surface area contributed by atoms with Gasteiger partial charge in [0.2, 0.25) is 0 Å². The van der Waals surface area contributed by atoms with Gasteiger partial charge in [0.25, 0.3) is 0 Å². The number of nitrogens with one attached hydrogen (secondary N) is 1. The minimum absolute atomic E-state index is 0.261. The van der Waals surface area contributed by atoms with Crippen LogP contribution in [-0.2, 0) is 13.0 Å². The summed E-state index contributed by atoms with van der Waals surface area (Å²) in [5.41, 5.74) is 2.08.